The highest BCUT2D eigenvalue weighted by molar-refractivity contribution is 14.1. The molecule has 0 fully saturated rings. The van der Waals surface area contributed by atoms with Gasteiger partial charge in [0.25, 0.3) is 5.69 Å². The van der Waals surface area contributed by atoms with Gasteiger partial charge in [-0.15, -0.1) is 11.6 Å². The Morgan fingerprint density at radius 2 is 2.06 bits per heavy atom. The van der Waals surface area contributed by atoms with Gasteiger partial charge in [-0.1, -0.05) is 26.8 Å². The fourth-order valence-electron chi connectivity index (χ4n) is 1.31. The van der Waals surface area contributed by atoms with Crippen LogP contribution in [0, 0.1) is 19.1 Å². The van der Waals surface area contributed by atoms with E-state index in [2.05, 4.69) is 43.4 Å². The number of benzene rings is 1. The van der Waals surface area contributed by atoms with Crippen molar-refractivity contribution in [3.8, 4) is 0 Å². The molecular formula is C12H15ClINO2. The minimum absolute atomic E-state index is 0.0115. The van der Waals surface area contributed by atoms with Gasteiger partial charge in [0.1, 0.15) is 0 Å². The number of rotatable bonds is 3. The number of hydrogen-bond donors (Lipinski definition) is 0. The van der Waals surface area contributed by atoms with E-state index in [0.717, 1.165) is 15.6 Å². The molecule has 1 rings (SSSR count). The number of non-ortho nitro benzene ring substituents is 1. The van der Waals surface area contributed by atoms with E-state index in [0.29, 0.717) is 0 Å². The Bertz CT molecular complexity index is 429. The number of hydrogen-bond acceptors (Lipinski definition) is 2. The lowest BCUT2D eigenvalue weighted by Gasteiger charge is -2.25. The summed E-state index contributed by atoms with van der Waals surface area (Å²) in [4.78, 5) is 10.2. The molecule has 0 radical (unpaired) electrons. The molecule has 0 heterocycles. The van der Waals surface area contributed by atoms with Crippen molar-refractivity contribution in [1.82, 2.24) is 0 Å². The second kappa shape index (κ2) is 5.52. The van der Waals surface area contributed by atoms with E-state index in [1.54, 1.807) is 12.1 Å². The van der Waals surface area contributed by atoms with Gasteiger partial charge in [-0.2, -0.15) is 0 Å². The van der Waals surface area contributed by atoms with Crippen LogP contribution in [-0.4, -0.2) is 10.3 Å². The minimum Gasteiger partial charge on any atom is -0.258 e. The summed E-state index contributed by atoms with van der Waals surface area (Å²) in [5.41, 5.74) is 1.21. The zero-order valence-corrected chi connectivity index (χ0v) is 12.9. The largest absolute Gasteiger partial charge is 0.270 e. The quantitative estimate of drug-likeness (QED) is 0.344. The monoisotopic (exact) mass is 367 g/mol. The molecule has 3 nitrogen and oxygen atoms in total. The zero-order valence-electron chi connectivity index (χ0n) is 10.0. The normalized spacial score (nSPS) is 13.5. The summed E-state index contributed by atoms with van der Waals surface area (Å²) in [7, 11) is 0. The van der Waals surface area contributed by atoms with E-state index in [9.17, 15) is 10.1 Å². The maximum Gasteiger partial charge on any atom is 0.270 e. The Morgan fingerprint density at radius 1 is 1.47 bits per heavy atom. The number of nitro benzene ring substituents is 1. The second-order valence-corrected chi connectivity index (χ2v) is 6.76. The van der Waals surface area contributed by atoms with Crippen molar-refractivity contribution in [1.29, 1.82) is 0 Å². The van der Waals surface area contributed by atoms with Gasteiger partial charge in [-0.05, 0) is 40.0 Å². The first-order valence-corrected chi connectivity index (χ1v) is 6.80. The average Bonchev–Trinajstić information content (AvgIpc) is 2.19. The molecule has 94 valence electrons. The molecule has 1 atom stereocenters. The van der Waals surface area contributed by atoms with Crippen LogP contribution < -0.4 is 0 Å². The minimum atomic E-state index is -0.381. The van der Waals surface area contributed by atoms with Crippen molar-refractivity contribution in [2.75, 3.05) is 0 Å². The highest BCUT2D eigenvalue weighted by atomic mass is 127. The molecule has 0 spiro atoms. The van der Waals surface area contributed by atoms with Crippen LogP contribution in [0.15, 0.2) is 18.2 Å². The van der Waals surface area contributed by atoms with Gasteiger partial charge < -0.3 is 0 Å². The van der Waals surface area contributed by atoms with E-state index in [1.807, 2.05) is 0 Å². The molecule has 0 aromatic heterocycles. The van der Waals surface area contributed by atoms with Crippen LogP contribution in [0.1, 0.15) is 26.3 Å². The van der Waals surface area contributed by atoms with Crippen molar-refractivity contribution in [3.05, 3.63) is 37.4 Å². The fraction of sp³-hybridized carbons (Fsp3) is 0.500. The molecule has 1 aromatic rings. The smallest absolute Gasteiger partial charge is 0.258 e. The van der Waals surface area contributed by atoms with E-state index >= 15 is 0 Å². The van der Waals surface area contributed by atoms with Crippen molar-refractivity contribution in [2.24, 2.45) is 5.41 Å². The Morgan fingerprint density at radius 3 is 2.47 bits per heavy atom. The summed E-state index contributed by atoms with van der Waals surface area (Å²) < 4.78 is 0.895. The van der Waals surface area contributed by atoms with Crippen molar-refractivity contribution in [3.63, 3.8) is 0 Å². The van der Waals surface area contributed by atoms with Gasteiger partial charge in [0.05, 0.1) is 4.92 Å². The third kappa shape index (κ3) is 4.10. The molecule has 1 aromatic carbocycles. The van der Waals surface area contributed by atoms with Gasteiger partial charge in [-0.25, -0.2) is 0 Å². The molecule has 5 heteroatoms. The molecule has 1 unspecified atom stereocenters. The lowest BCUT2D eigenvalue weighted by molar-refractivity contribution is -0.385. The molecule has 0 aliphatic rings. The van der Waals surface area contributed by atoms with Crippen LogP contribution in [0.4, 0.5) is 5.69 Å². The Hall–Kier alpha value is -0.360. The standard InChI is InChI=1S/C12H15ClINO2/c1-12(2,3)11(13)6-8-4-5-9(15(16)17)7-10(8)14/h4-5,7,11H,6H2,1-3H3. The third-order valence-electron chi connectivity index (χ3n) is 2.59. The zero-order chi connectivity index (χ0) is 13.2. The van der Waals surface area contributed by atoms with Gasteiger partial charge in [0, 0.05) is 21.1 Å². The van der Waals surface area contributed by atoms with Crippen LogP contribution >= 0.6 is 34.2 Å². The van der Waals surface area contributed by atoms with Crippen molar-refractivity contribution < 1.29 is 4.92 Å². The summed E-state index contributed by atoms with van der Waals surface area (Å²) in [5, 5.41) is 10.6. The summed E-state index contributed by atoms with van der Waals surface area (Å²) in [6.07, 6.45) is 0.724. The number of nitro groups is 1. The van der Waals surface area contributed by atoms with Gasteiger partial charge in [0.15, 0.2) is 0 Å². The first kappa shape index (κ1) is 14.7. The highest BCUT2D eigenvalue weighted by Crippen LogP contribution is 2.29. The molecule has 0 aliphatic carbocycles. The summed E-state index contributed by atoms with van der Waals surface area (Å²) >= 11 is 8.45. The van der Waals surface area contributed by atoms with Crippen LogP contribution in [-0.2, 0) is 6.42 Å². The van der Waals surface area contributed by atoms with E-state index < -0.39 is 0 Å². The van der Waals surface area contributed by atoms with E-state index in [1.165, 1.54) is 6.07 Å². The maximum absolute atomic E-state index is 10.6. The fourth-order valence-corrected chi connectivity index (χ4v) is 2.20. The highest BCUT2D eigenvalue weighted by Gasteiger charge is 2.23. The Balaban J connectivity index is 2.90. The van der Waals surface area contributed by atoms with Crippen LogP contribution in [0.3, 0.4) is 0 Å². The third-order valence-corrected chi connectivity index (χ3v) is 4.40. The summed E-state index contributed by atoms with van der Waals surface area (Å²) in [6, 6.07) is 4.91. The molecule has 0 N–H and O–H groups in total. The molecule has 0 bridgehead atoms. The van der Waals surface area contributed by atoms with Gasteiger partial charge in [0.2, 0.25) is 0 Å². The average molecular weight is 368 g/mol. The van der Waals surface area contributed by atoms with Crippen molar-refractivity contribution in [2.45, 2.75) is 32.6 Å². The van der Waals surface area contributed by atoms with Gasteiger partial charge in [-0.3, -0.25) is 10.1 Å². The number of alkyl halides is 1. The van der Waals surface area contributed by atoms with E-state index in [4.69, 9.17) is 11.6 Å². The number of nitrogens with zero attached hydrogens (tertiary/aromatic N) is 1. The van der Waals surface area contributed by atoms with Crippen LogP contribution in [0.5, 0.6) is 0 Å². The molecule has 0 aliphatic heterocycles. The van der Waals surface area contributed by atoms with Crippen molar-refractivity contribution >= 4 is 39.9 Å². The maximum atomic E-state index is 10.6. The summed E-state index contributed by atoms with van der Waals surface area (Å²) in [6.45, 7) is 6.26. The lowest BCUT2D eigenvalue weighted by atomic mass is 9.88. The SMILES string of the molecule is CC(C)(C)C(Cl)Cc1ccc([N+](=O)[O-])cc1I. The Labute approximate surface area is 120 Å². The van der Waals surface area contributed by atoms with E-state index in [-0.39, 0.29) is 21.4 Å². The first-order chi connectivity index (χ1) is 7.71. The van der Waals surface area contributed by atoms with Crippen LogP contribution in [0.2, 0.25) is 0 Å². The molecule has 0 amide bonds. The first-order valence-electron chi connectivity index (χ1n) is 5.28. The van der Waals surface area contributed by atoms with Crippen LogP contribution in [0.25, 0.3) is 0 Å². The number of halogens is 2. The predicted octanol–water partition coefficient (Wildman–Crippen LogP) is 4.40. The Kier molecular flexibility index (Phi) is 4.77. The molecule has 0 saturated heterocycles. The topological polar surface area (TPSA) is 43.1 Å². The predicted molar refractivity (Wildman–Crippen MR) is 78.6 cm³/mol. The molecule has 17 heavy (non-hydrogen) atoms. The molecular weight excluding hydrogens is 352 g/mol. The summed E-state index contributed by atoms with van der Waals surface area (Å²) in [5.74, 6) is 0. The van der Waals surface area contributed by atoms with Gasteiger partial charge >= 0.3 is 0 Å². The molecule has 0 saturated carbocycles. The lowest BCUT2D eigenvalue weighted by Crippen LogP contribution is -2.23. The second-order valence-electron chi connectivity index (χ2n) is 5.07.